The summed E-state index contributed by atoms with van der Waals surface area (Å²) in [6, 6.07) is 19.2. The molecule has 186 valence electrons. The third kappa shape index (κ3) is 5.01. The van der Waals surface area contributed by atoms with E-state index in [0.29, 0.717) is 34.5 Å². The van der Waals surface area contributed by atoms with E-state index >= 15 is 0 Å². The molecule has 0 fully saturated rings. The Morgan fingerprint density at radius 3 is 2.44 bits per heavy atom. The number of fused-ring (bicyclic) bond motifs is 3. The third-order valence-electron chi connectivity index (χ3n) is 6.19. The fraction of sp³-hybridized carbons (Fsp3) is 0.222. The molecule has 9 heteroatoms. The minimum Gasteiger partial charge on any atom is -0.491 e. The molecule has 1 aliphatic heterocycles. The number of ether oxygens (including phenoxy) is 2. The Kier molecular flexibility index (Phi) is 7.07. The number of nitrogens with one attached hydrogen (secondary N) is 1. The number of H-pyrrole nitrogens is 1. The first kappa shape index (κ1) is 24.5. The van der Waals surface area contributed by atoms with Gasteiger partial charge in [0.2, 0.25) is 0 Å². The smallest absolute Gasteiger partial charge is 0.416 e. The van der Waals surface area contributed by atoms with E-state index in [1.54, 1.807) is 41.3 Å². The predicted molar refractivity (Wildman–Crippen MR) is 138 cm³/mol. The summed E-state index contributed by atoms with van der Waals surface area (Å²) >= 11 is 12.2. The molecular weight excluding hydrogens is 503 g/mol. The Morgan fingerprint density at radius 1 is 1.03 bits per heavy atom. The Hall–Kier alpha value is -3.23. The van der Waals surface area contributed by atoms with Gasteiger partial charge < -0.3 is 24.7 Å². The summed E-state index contributed by atoms with van der Waals surface area (Å²) in [6.07, 6.45) is -0.791. The average molecular weight is 527 g/mol. The van der Waals surface area contributed by atoms with Crippen LogP contribution in [0.15, 0.2) is 66.7 Å². The maximum Gasteiger partial charge on any atom is 0.416 e. The number of amides is 1. The van der Waals surface area contributed by atoms with Gasteiger partial charge in [0.1, 0.15) is 30.3 Å². The maximum absolute atomic E-state index is 13.4. The number of aliphatic hydroxyl groups excluding tert-OH is 2. The highest BCUT2D eigenvalue weighted by atomic mass is 35.5. The molecule has 7 nitrogen and oxygen atoms in total. The largest absolute Gasteiger partial charge is 0.491 e. The first-order valence-electron chi connectivity index (χ1n) is 11.5. The van der Waals surface area contributed by atoms with Gasteiger partial charge in [0.15, 0.2) is 0 Å². The zero-order valence-electron chi connectivity index (χ0n) is 19.2. The second-order valence-electron chi connectivity index (χ2n) is 8.59. The van der Waals surface area contributed by atoms with Gasteiger partial charge in [-0.1, -0.05) is 35.3 Å². The summed E-state index contributed by atoms with van der Waals surface area (Å²) in [5.41, 5.74) is 3.81. The van der Waals surface area contributed by atoms with E-state index in [1.165, 1.54) is 0 Å². The Labute approximate surface area is 217 Å². The fourth-order valence-corrected chi connectivity index (χ4v) is 4.76. The first-order valence-corrected chi connectivity index (χ1v) is 12.2. The first-order chi connectivity index (χ1) is 17.4. The normalized spacial score (nSPS) is 16.0. The number of aromatic nitrogens is 1. The number of halogens is 2. The van der Waals surface area contributed by atoms with Crippen molar-refractivity contribution in [2.24, 2.45) is 0 Å². The number of nitrogens with zero attached hydrogens (tertiary/aromatic N) is 1. The van der Waals surface area contributed by atoms with Crippen molar-refractivity contribution in [1.29, 1.82) is 0 Å². The number of hydrogen-bond acceptors (Lipinski definition) is 5. The molecule has 0 saturated carbocycles. The molecule has 1 amide bonds. The summed E-state index contributed by atoms with van der Waals surface area (Å²) in [7, 11) is 0. The number of benzene rings is 3. The summed E-state index contributed by atoms with van der Waals surface area (Å²) in [6.45, 7) is 0.0499. The highest BCUT2D eigenvalue weighted by molar-refractivity contribution is 6.31. The van der Waals surface area contributed by atoms with Crippen LogP contribution in [0.5, 0.6) is 11.5 Å². The molecule has 36 heavy (non-hydrogen) atoms. The van der Waals surface area contributed by atoms with Gasteiger partial charge in [0.05, 0.1) is 6.61 Å². The molecular formula is C27H24Cl2N2O5. The molecule has 1 aromatic heterocycles. The molecule has 0 bridgehead atoms. The van der Waals surface area contributed by atoms with Crippen molar-refractivity contribution < 1.29 is 24.5 Å². The molecule has 4 aromatic rings. The molecule has 0 aliphatic carbocycles. The lowest BCUT2D eigenvalue weighted by molar-refractivity contribution is 0.0536. The lowest BCUT2D eigenvalue weighted by Gasteiger charge is -2.35. The SMILES string of the molecule is O=C(Oc1ccc(Cl)cc1)N1CCc2c([nH]c3ccc(Cl)cc23)[C@@H]1c1ccc(OC[C@@H](O)CO)cc1. The Bertz CT molecular complexity index is 1370. The summed E-state index contributed by atoms with van der Waals surface area (Å²) in [4.78, 5) is 18.5. The molecule has 2 atom stereocenters. The number of hydrogen-bond donors (Lipinski definition) is 3. The molecule has 0 unspecified atom stereocenters. The molecule has 2 heterocycles. The van der Waals surface area contributed by atoms with Crippen molar-refractivity contribution in [3.63, 3.8) is 0 Å². The topological polar surface area (TPSA) is 95.0 Å². The third-order valence-corrected chi connectivity index (χ3v) is 6.68. The van der Waals surface area contributed by atoms with E-state index in [1.807, 2.05) is 30.3 Å². The predicted octanol–water partition coefficient (Wildman–Crippen LogP) is 5.35. The zero-order valence-corrected chi connectivity index (χ0v) is 20.7. The minimum atomic E-state index is -0.957. The second-order valence-corrected chi connectivity index (χ2v) is 9.46. The van der Waals surface area contributed by atoms with Gasteiger partial charge >= 0.3 is 6.09 Å². The number of carbonyl (C=O) groups is 1. The summed E-state index contributed by atoms with van der Waals surface area (Å²) in [5.74, 6) is 0.949. The van der Waals surface area contributed by atoms with Gasteiger partial charge in [-0.15, -0.1) is 0 Å². The second kappa shape index (κ2) is 10.4. The standard InChI is InChI=1S/C27H24Cl2N2O5/c28-17-3-8-21(9-4-17)36-27(34)31-12-11-22-23-13-18(29)5-10-24(23)30-25(22)26(31)16-1-6-20(7-2-16)35-15-19(33)14-32/h1-10,13,19,26,30,32-33H,11-12,14-15H2/t19-,26-/m0/s1. The Morgan fingerprint density at radius 2 is 1.72 bits per heavy atom. The molecule has 3 aromatic carbocycles. The molecule has 3 N–H and O–H groups in total. The van der Waals surface area contributed by atoms with Crippen LogP contribution in [-0.2, 0) is 6.42 Å². The lowest BCUT2D eigenvalue weighted by atomic mass is 9.92. The van der Waals surface area contributed by atoms with Crippen LogP contribution in [0.1, 0.15) is 22.9 Å². The summed E-state index contributed by atoms with van der Waals surface area (Å²) < 4.78 is 11.2. The fourth-order valence-electron chi connectivity index (χ4n) is 4.46. The Balaban J connectivity index is 1.50. The van der Waals surface area contributed by atoms with Crippen LogP contribution in [-0.4, -0.2) is 52.1 Å². The molecule has 0 saturated heterocycles. The van der Waals surface area contributed by atoms with Crippen molar-refractivity contribution >= 4 is 40.2 Å². The van der Waals surface area contributed by atoms with E-state index < -0.39 is 18.2 Å². The van der Waals surface area contributed by atoms with Gasteiger partial charge in [-0.2, -0.15) is 0 Å². The quantitative estimate of drug-likeness (QED) is 0.314. The number of carbonyl (C=O) groups excluding carboxylic acids is 1. The van der Waals surface area contributed by atoms with Gasteiger partial charge in [-0.25, -0.2) is 4.79 Å². The van der Waals surface area contributed by atoms with Crippen molar-refractivity contribution in [1.82, 2.24) is 9.88 Å². The van der Waals surface area contributed by atoms with Crippen LogP contribution in [0.3, 0.4) is 0 Å². The highest BCUT2D eigenvalue weighted by Crippen LogP contribution is 2.40. The molecule has 0 spiro atoms. The number of aliphatic hydroxyl groups is 2. The van der Waals surface area contributed by atoms with Crippen molar-refractivity contribution in [2.45, 2.75) is 18.6 Å². The van der Waals surface area contributed by atoms with E-state index in [2.05, 4.69) is 4.98 Å². The van der Waals surface area contributed by atoms with Crippen molar-refractivity contribution in [3.8, 4) is 11.5 Å². The van der Waals surface area contributed by atoms with Crippen LogP contribution in [0.4, 0.5) is 4.79 Å². The molecule has 5 rings (SSSR count). The number of rotatable bonds is 6. The van der Waals surface area contributed by atoms with E-state index in [9.17, 15) is 9.90 Å². The average Bonchev–Trinajstić information content (AvgIpc) is 3.26. The van der Waals surface area contributed by atoms with E-state index in [4.69, 9.17) is 37.8 Å². The van der Waals surface area contributed by atoms with E-state index in [-0.39, 0.29) is 13.2 Å². The van der Waals surface area contributed by atoms with Gasteiger partial charge in [0.25, 0.3) is 0 Å². The molecule has 1 aliphatic rings. The highest BCUT2D eigenvalue weighted by Gasteiger charge is 2.35. The van der Waals surface area contributed by atoms with Crippen molar-refractivity contribution in [3.05, 3.63) is 93.6 Å². The number of aromatic amines is 1. The van der Waals surface area contributed by atoms with Crippen LogP contribution < -0.4 is 9.47 Å². The van der Waals surface area contributed by atoms with Gasteiger partial charge in [-0.3, -0.25) is 4.90 Å². The molecule has 0 radical (unpaired) electrons. The van der Waals surface area contributed by atoms with Crippen molar-refractivity contribution in [2.75, 3.05) is 19.8 Å². The zero-order chi connectivity index (χ0) is 25.2. The lowest BCUT2D eigenvalue weighted by Crippen LogP contribution is -2.42. The van der Waals surface area contributed by atoms with Crippen LogP contribution >= 0.6 is 23.2 Å². The van der Waals surface area contributed by atoms with E-state index in [0.717, 1.165) is 27.7 Å². The minimum absolute atomic E-state index is 0.0221. The monoisotopic (exact) mass is 526 g/mol. The van der Waals surface area contributed by atoms with Crippen LogP contribution in [0, 0.1) is 0 Å². The van der Waals surface area contributed by atoms with Gasteiger partial charge in [0, 0.05) is 33.2 Å². The van der Waals surface area contributed by atoms with Gasteiger partial charge in [-0.05, 0) is 72.1 Å². The maximum atomic E-state index is 13.4. The van der Waals surface area contributed by atoms with Crippen LogP contribution in [0.2, 0.25) is 10.0 Å². The van der Waals surface area contributed by atoms with Crippen LogP contribution in [0.25, 0.3) is 10.9 Å². The summed E-state index contributed by atoms with van der Waals surface area (Å²) in [5, 5.41) is 20.8.